The minimum atomic E-state index is 0.313. The maximum Gasteiger partial charge on any atom is 0.110 e. The number of benzene rings is 1. The molecule has 0 aliphatic carbocycles. The number of hydrogen-bond acceptors (Lipinski definition) is 2. The lowest BCUT2D eigenvalue weighted by molar-refractivity contribution is 0.558. The topological polar surface area (TPSA) is 34.8 Å². The standard InChI is InChI=1S/C18H22N4/c1-14(20-13-18-5-4-11-21(18)3)16-6-8-17(9-7-16)22-12-10-19-15(22)2/h4-12,14,20H,13H2,1-3H3/t14-/m0/s1. The Hall–Kier alpha value is -2.33. The lowest BCUT2D eigenvalue weighted by Gasteiger charge is -2.15. The third-order valence-electron chi connectivity index (χ3n) is 4.14. The predicted octanol–water partition coefficient (Wildman–Crippen LogP) is 3.37. The van der Waals surface area contributed by atoms with Crippen LogP contribution in [0.2, 0.25) is 0 Å². The molecule has 0 aliphatic rings. The molecule has 0 saturated heterocycles. The van der Waals surface area contributed by atoms with Gasteiger partial charge in [-0.05, 0) is 43.7 Å². The Labute approximate surface area is 131 Å². The molecule has 2 heterocycles. The van der Waals surface area contributed by atoms with Crippen molar-refractivity contribution in [3.8, 4) is 5.69 Å². The van der Waals surface area contributed by atoms with Crippen LogP contribution in [0.1, 0.15) is 30.0 Å². The number of hydrogen-bond donors (Lipinski definition) is 1. The van der Waals surface area contributed by atoms with Gasteiger partial charge >= 0.3 is 0 Å². The third kappa shape index (κ3) is 2.97. The molecule has 0 fully saturated rings. The van der Waals surface area contributed by atoms with Crippen molar-refractivity contribution >= 4 is 0 Å². The zero-order valence-electron chi connectivity index (χ0n) is 13.3. The van der Waals surface area contributed by atoms with Crippen molar-refractivity contribution in [2.45, 2.75) is 26.4 Å². The molecule has 0 spiro atoms. The van der Waals surface area contributed by atoms with Crippen LogP contribution in [0.15, 0.2) is 55.0 Å². The molecule has 4 heteroatoms. The van der Waals surface area contributed by atoms with Gasteiger partial charge in [0.2, 0.25) is 0 Å². The summed E-state index contributed by atoms with van der Waals surface area (Å²) >= 11 is 0. The fourth-order valence-electron chi connectivity index (χ4n) is 2.63. The minimum absolute atomic E-state index is 0.313. The normalized spacial score (nSPS) is 12.5. The molecule has 114 valence electrons. The second kappa shape index (κ2) is 6.20. The van der Waals surface area contributed by atoms with Crippen LogP contribution in [0.4, 0.5) is 0 Å². The van der Waals surface area contributed by atoms with E-state index < -0.39 is 0 Å². The summed E-state index contributed by atoms with van der Waals surface area (Å²) in [7, 11) is 2.07. The summed E-state index contributed by atoms with van der Waals surface area (Å²) in [6.45, 7) is 5.07. The summed E-state index contributed by atoms with van der Waals surface area (Å²) in [5, 5.41) is 3.57. The Morgan fingerprint density at radius 1 is 1.14 bits per heavy atom. The van der Waals surface area contributed by atoms with E-state index in [4.69, 9.17) is 0 Å². The Morgan fingerprint density at radius 3 is 2.50 bits per heavy atom. The van der Waals surface area contributed by atoms with Gasteiger partial charge in [-0.1, -0.05) is 12.1 Å². The van der Waals surface area contributed by atoms with Gasteiger partial charge in [0.05, 0.1) is 0 Å². The Morgan fingerprint density at radius 2 is 1.91 bits per heavy atom. The number of nitrogens with zero attached hydrogens (tertiary/aromatic N) is 3. The lowest BCUT2D eigenvalue weighted by atomic mass is 10.1. The van der Waals surface area contributed by atoms with Crippen molar-refractivity contribution in [2.75, 3.05) is 0 Å². The van der Waals surface area contributed by atoms with E-state index in [1.165, 1.54) is 11.3 Å². The highest BCUT2D eigenvalue weighted by atomic mass is 15.1. The van der Waals surface area contributed by atoms with E-state index in [0.717, 1.165) is 18.1 Å². The number of aryl methyl sites for hydroxylation is 2. The second-order valence-corrected chi connectivity index (χ2v) is 5.65. The van der Waals surface area contributed by atoms with Crippen molar-refractivity contribution in [3.63, 3.8) is 0 Å². The van der Waals surface area contributed by atoms with E-state index in [1.54, 1.807) is 0 Å². The largest absolute Gasteiger partial charge is 0.353 e. The van der Waals surface area contributed by atoms with Crippen molar-refractivity contribution in [3.05, 3.63) is 72.1 Å². The predicted molar refractivity (Wildman–Crippen MR) is 89.0 cm³/mol. The van der Waals surface area contributed by atoms with Crippen molar-refractivity contribution in [1.29, 1.82) is 0 Å². The maximum absolute atomic E-state index is 4.26. The van der Waals surface area contributed by atoms with Gasteiger partial charge in [-0.25, -0.2) is 4.98 Å². The number of nitrogens with one attached hydrogen (secondary N) is 1. The Bertz CT molecular complexity index is 737. The highest BCUT2D eigenvalue weighted by Crippen LogP contribution is 2.17. The summed E-state index contributed by atoms with van der Waals surface area (Å²) < 4.78 is 4.23. The molecule has 3 aromatic rings. The van der Waals surface area contributed by atoms with Crippen LogP contribution in [-0.4, -0.2) is 14.1 Å². The summed E-state index contributed by atoms with van der Waals surface area (Å²) in [6.07, 6.45) is 5.89. The van der Waals surface area contributed by atoms with Gasteiger partial charge in [0.25, 0.3) is 0 Å². The van der Waals surface area contributed by atoms with E-state index in [2.05, 4.69) is 76.0 Å². The van der Waals surface area contributed by atoms with Crippen LogP contribution < -0.4 is 5.32 Å². The molecule has 22 heavy (non-hydrogen) atoms. The molecule has 0 unspecified atom stereocenters. The molecule has 0 aliphatic heterocycles. The van der Waals surface area contributed by atoms with Crippen LogP contribution >= 0.6 is 0 Å². The van der Waals surface area contributed by atoms with Crippen LogP contribution in [-0.2, 0) is 13.6 Å². The highest BCUT2D eigenvalue weighted by Gasteiger charge is 2.07. The monoisotopic (exact) mass is 294 g/mol. The third-order valence-corrected chi connectivity index (χ3v) is 4.14. The number of rotatable bonds is 5. The fraction of sp³-hybridized carbons (Fsp3) is 0.278. The Balaban J connectivity index is 1.67. The SMILES string of the molecule is Cc1nccn1-c1ccc([C@H](C)NCc2cccn2C)cc1. The lowest BCUT2D eigenvalue weighted by Crippen LogP contribution is -2.19. The van der Waals surface area contributed by atoms with Crippen LogP contribution in [0.5, 0.6) is 0 Å². The maximum atomic E-state index is 4.26. The van der Waals surface area contributed by atoms with Gasteiger partial charge in [-0.3, -0.25) is 0 Å². The molecule has 0 amide bonds. The molecule has 0 bridgehead atoms. The highest BCUT2D eigenvalue weighted by molar-refractivity contribution is 5.36. The summed E-state index contributed by atoms with van der Waals surface area (Å²) in [6, 6.07) is 13.2. The smallest absolute Gasteiger partial charge is 0.110 e. The first-order valence-electron chi connectivity index (χ1n) is 7.59. The van der Waals surface area contributed by atoms with Gasteiger partial charge in [0, 0.05) is 49.6 Å². The van der Waals surface area contributed by atoms with Gasteiger partial charge in [0.15, 0.2) is 0 Å². The van der Waals surface area contributed by atoms with Gasteiger partial charge < -0.3 is 14.5 Å². The summed E-state index contributed by atoms with van der Waals surface area (Å²) in [4.78, 5) is 4.26. The second-order valence-electron chi connectivity index (χ2n) is 5.65. The van der Waals surface area contributed by atoms with Crippen LogP contribution in [0.25, 0.3) is 5.69 Å². The zero-order chi connectivity index (χ0) is 15.5. The number of imidazole rings is 1. The Kier molecular flexibility index (Phi) is 4.11. The van der Waals surface area contributed by atoms with Gasteiger partial charge in [0.1, 0.15) is 5.82 Å². The molecule has 0 radical (unpaired) electrons. The van der Waals surface area contributed by atoms with Gasteiger partial charge in [-0.15, -0.1) is 0 Å². The molecule has 0 saturated carbocycles. The quantitative estimate of drug-likeness (QED) is 0.783. The molecule has 4 nitrogen and oxygen atoms in total. The first-order chi connectivity index (χ1) is 10.6. The first kappa shape index (κ1) is 14.6. The van der Waals surface area contributed by atoms with E-state index in [1.807, 2.05) is 19.3 Å². The average Bonchev–Trinajstić information content (AvgIpc) is 3.13. The average molecular weight is 294 g/mol. The minimum Gasteiger partial charge on any atom is -0.353 e. The zero-order valence-corrected chi connectivity index (χ0v) is 13.3. The molecule has 2 aromatic heterocycles. The molecule has 1 aromatic carbocycles. The molecule has 1 atom stereocenters. The van der Waals surface area contributed by atoms with Gasteiger partial charge in [-0.2, -0.15) is 0 Å². The molecule has 1 N–H and O–H groups in total. The summed E-state index contributed by atoms with van der Waals surface area (Å²) in [5.41, 5.74) is 3.72. The fourth-order valence-corrected chi connectivity index (χ4v) is 2.63. The molecular weight excluding hydrogens is 272 g/mol. The van der Waals surface area contributed by atoms with E-state index in [9.17, 15) is 0 Å². The van der Waals surface area contributed by atoms with E-state index >= 15 is 0 Å². The molecule has 3 rings (SSSR count). The van der Waals surface area contributed by atoms with Crippen molar-refractivity contribution < 1.29 is 0 Å². The van der Waals surface area contributed by atoms with Crippen LogP contribution in [0.3, 0.4) is 0 Å². The number of aromatic nitrogens is 3. The van der Waals surface area contributed by atoms with Crippen molar-refractivity contribution in [1.82, 2.24) is 19.4 Å². The first-order valence-corrected chi connectivity index (χ1v) is 7.59. The molecular formula is C18H22N4. The van der Waals surface area contributed by atoms with Crippen LogP contribution in [0, 0.1) is 6.92 Å². The summed E-state index contributed by atoms with van der Waals surface area (Å²) in [5.74, 6) is 1.00. The van der Waals surface area contributed by atoms with Crippen molar-refractivity contribution in [2.24, 2.45) is 7.05 Å². The van der Waals surface area contributed by atoms with E-state index in [-0.39, 0.29) is 0 Å². The van der Waals surface area contributed by atoms with E-state index in [0.29, 0.717) is 6.04 Å².